The lowest BCUT2D eigenvalue weighted by Crippen LogP contribution is -2.53. The highest BCUT2D eigenvalue weighted by atomic mass is 32.2. The molecule has 0 unspecified atom stereocenters. The fraction of sp³-hybridized carbons (Fsp3) is 0.478. The lowest BCUT2D eigenvalue weighted by Gasteiger charge is -2.35. The van der Waals surface area contributed by atoms with Crippen LogP contribution in [0.25, 0.3) is 0 Å². The molecule has 0 radical (unpaired) electrons. The molecule has 9 nitrogen and oxygen atoms in total. The topological polar surface area (TPSA) is 101 Å². The molecule has 4 rings (SSSR count). The standard InChI is InChI=1S/C23H27F3N4O5S/c1-22(2,15-29-7-10-34-11-8-29)28-20(31)16-13-19-21(27-14-16)35-12-9-30(19)36(32,33)18-5-3-17(4-6-18)23(24,25)26/h3-6,13-14H,7-12,15H2,1-2H3,(H,28,31). The quantitative estimate of drug-likeness (QED) is 0.615. The third-order valence-electron chi connectivity index (χ3n) is 5.84. The molecular formula is C23H27F3N4O5S. The molecule has 1 saturated heterocycles. The van der Waals surface area contributed by atoms with E-state index in [1.54, 1.807) is 0 Å². The number of morpholine rings is 1. The van der Waals surface area contributed by atoms with Crippen LogP contribution in [0.4, 0.5) is 18.9 Å². The maximum absolute atomic E-state index is 13.3. The van der Waals surface area contributed by atoms with Crippen LogP contribution < -0.4 is 14.4 Å². The summed E-state index contributed by atoms with van der Waals surface area (Å²) in [6.45, 7) is 7.04. The molecular weight excluding hydrogens is 501 g/mol. The summed E-state index contributed by atoms with van der Waals surface area (Å²) in [6.07, 6.45) is -3.29. The highest BCUT2D eigenvalue weighted by Gasteiger charge is 2.34. The van der Waals surface area contributed by atoms with Gasteiger partial charge in [0, 0.05) is 31.4 Å². The summed E-state index contributed by atoms with van der Waals surface area (Å²) >= 11 is 0. The van der Waals surface area contributed by atoms with Crippen molar-refractivity contribution >= 4 is 21.6 Å². The number of anilines is 1. The molecule has 1 N–H and O–H groups in total. The first kappa shape index (κ1) is 26.2. The molecule has 2 aromatic rings. The van der Waals surface area contributed by atoms with Gasteiger partial charge in [0.1, 0.15) is 12.3 Å². The Kier molecular flexibility index (Phi) is 7.17. The fourth-order valence-electron chi connectivity index (χ4n) is 4.13. The number of pyridine rings is 1. The summed E-state index contributed by atoms with van der Waals surface area (Å²) in [5.74, 6) is -0.429. The maximum atomic E-state index is 13.3. The Bertz CT molecular complexity index is 1210. The molecule has 3 heterocycles. The second-order valence-electron chi connectivity index (χ2n) is 9.22. The van der Waals surface area contributed by atoms with Crippen molar-refractivity contribution in [3.63, 3.8) is 0 Å². The summed E-state index contributed by atoms with van der Waals surface area (Å²) in [7, 11) is -4.24. The molecule has 1 aromatic carbocycles. The smallest absolute Gasteiger partial charge is 0.416 e. The van der Waals surface area contributed by atoms with Gasteiger partial charge in [0.25, 0.3) is 15.9 Å². The number of hydrogen-bond acceptors (Lipinski definition) is 7. The van der Waals surface area contributed by atoms with E-state index >= 15 is 0 Å². The first-order valence-electron chi connectivity index (χ1n) is 11.3. The number of halogens is 3. The Morgan fingerprint density at radius 1 is 1.08 bits per heavy atom. The van der Waals surface area contributed by atoms with Gasteiger partial charge < -0.3 is 14.8 Å². The number of benzene rings is 1. The summed E-state index contributed by atoms with van der Waals surface area (Å²) in [5.41, 5.74) is -1.38. The summed E-state index contributed by atoms with van der Waals surface area (Å²) in [6, 6.07) is 4.61. The van der Waals surface area contributed by atoms with Crippen LogP contribution >= 0.6 is 0 Å². The maximum Gasteiger partial charge on any atom is 0.416 e. The number of nitrogens with one attached hydrogen (secondary N) is 1. The van der Waals surface area contributed by atoms with Crippen molar-refractivity contribution in [2.24, 2.45) is 0 Å². The highest BCUT2D eigenvalue weighted by Crippen LogP contribution is 2.35. The Hall–Kier alpha value is -2.90. The van der Waals surface area contributed by atoms with E-state index in [0.29, 0.717) is 31.9 Å². The Morgan fingerprint density at radius 3 is 2.39 bits per heavy atom. The van der Waals surface area contributed by atoms with E-state index in [4.69, 9.17) is 9.47 Å². The van der Waals surface area contributed by atoms with Crippen molar-refractivity contribution in [2.45, 2.75) is 30.5 Å². The zero-order chi connectivity index (χ0) is 26.1. The lowest BCUT2D eigenvalue weighted by atomic mass is 10.0. The Labute approximate surface area is 207 Å². The molecule has 0 spiro atoms. The first-order chi connectivity index (χ1) is 16.9. The number of alkyl halides is 3. The number of hydrogen-bond donors (Lipinski definition) is 1. The third-order valence-corrected chi connectivity index (χ3v) is 7.67. The number of sulfonamides is 1. The van der Waals surface area contributed by atoms with Gasteiger partial charge in [-0.05, 0) is 44.2 Å². The molecule has 1 amide bonds. The fourth-order valence-corrected chi connectivity index (χ4v) is 5.57. The molecule has 2 aliphatic rings. The van der Waals surface area contributed by atoms with Gasteiger partial charge in [-0.15, -0.1) is 0 Å². The largest absolute Gasteiger partial charge is 0.474 e. The third kappa shape index (κ3) is 5.73. The molecule has 2 aliphatic heterocycles. The minimum atomic E-state index is -4.59. The minimum absolute atomic E-state index is 0.00200. The summed E-state index contributed by atoms with van der Waals surface area (Å²) in [4.78, 5) is 19.0. The number of rotatable bonds is 6. The summed E-state index contributed by atoms with van der Waals surface area (Å²) in [5, 5.41) is 2.96. The molecule has 0 saturated carbocycles. The van der Waals surface area contributed by atoms with E-state index in [1.807, 2.05) is 13.8 Å². The second-order valence-corrected chi connectivity index (χ2v) is 11.1. The SMILES string of the molecule is CC(C)(CN1CCOCC1)NC(=O)c1cnc2c(c1)N(S(=O)(=O)c1ccc(C(F)(F)F)cc1)CCO2. The predicted octanol–water partition coefficient (Wildman–Crippen LogP) is 2.53. The number of carbonyl (C=O) groups is 1. The van der Waals surface area contributed by atoms with Crippen molar-refractivity contribution in [1.29, 1.82) is 0 Å². The summed E-state index contributed by atoms with van der Waals surface area (Å²) < 4.78 is 77.1. The van der Waals surface area contributed by atoms with Crippen LogP contribution in [0.2, 0.25) is 0 Å². The van der Waals surface area contributed by atoms with Crippen LogP contribution in [0, 0.1) is 0 Å². The first-order valence-corrected chi connectivity index (χ1v) is 12.8. The zero-order valence-corrected chi connectivity index (χ0v) is 20.7. The van der Waals surface area contributed by atoms with Crippen molar-refractivity contribution in [2.75, 3.05) is 50.3 Å². The van der Waals surface area contributed by atoms with Gasteiger partial charge in [0.05, 0.1) is 35.8 Å². The minimum Gasteiger partial charge on any atom is -0.474 e. The number of ether oxygens (including phenoxy) is 2. The highest BCUT2D eigenvalue weighted by molar-refractivity contribution is 7.92. The van der Waals surface area contributed by atoms with Crippen LogP contribution in [-0.2, 0) is 20.9 Å². The van der Waals surface area contributed by atoms with E-state index in [0.717, 1.165) is 29.5 Å². The van der Waals surface area contributed by atoms with Crippen LogP contribution in [-0.4, -0.2) is 75.7 Å². The van der Waals surface area contributed by atoms with Gasteiger partial charge >= 0.3 is 6.18 Å². The van der Waals surface area contributed by atoms with Gasteiger partial charge in [-0.2, -0.15) is 13.2 Å². The normalized spacial score (nSPS) is 17.3. The number of aromatic nitrogens is 1. The van der Waals surface area contributed by atoms with Gasteiger partial charge in [-0.3, -0.25) is 14.0 Å². The number of amides is 1. The number of fused-ring (bicyclic) bond motifs is 1. The molecule has 36 heavy (non-hydrogen) atoms. The Morgan fingerprint density at radius 2 is 1.75 bits per heavy atom. The van der Waals surface area contributed by atoms with Gasteiger partial charge in [0.2, 0.25) is 5.88 Å². The van der Waals surface area contributed by atoms with Crippen LogP contribution in [0.3, 0.4) is 0 Å². The van der Waals surface area contributed by atoms with Crippen molar-refractivity contribution < 1.29 is 35.9 Å². The molecule has 0 atom stereocenters. The van der Waals surface area contributed by atoms with Crippen LogP contribution in [0.1, 0.15) is 29.8 Å². The second kappa shape index (κ2) is 9.87. The molecule has 0 aliphatic carbocycles. The molecule has 1 aromatic heterocycles. The monoisotopic (exact) mass is 528 g/mol. The average molecular weight is 529 g/mol. The van der Waals surface area contributed by atoms with E-state index in [1.165, 1.54) is 12.3 Å². The molecule has 196 valence electrons. The van der Waals surface area contributed by atoms with Crippen molar-refractivity contribution in [3.05, 3.63) is 47.7 Å². The van der Waals surface area contributed by atoms with Crippen LogP contribution in [0.15, 0.2) is 41.4 Å². The van der Waals surface area contributed by atoms with E-state index < -0.39 is 33.2 Å². The lowest BCUT2D eigenvalue weighted by molar-refractivity contribution is -0.137. The number of carbonyl (C=O) groups excluding carboxylic acids is 1. The average Bonchev–Trinajstić information content (AvgIpc) is 2.82. The number of nitrogens with zero attached hydrogens (tertiary/aromatic N) is 3. The van der Waals surface area contributed by atoms with E-state index in [2.05, 4.69) is 15.2 Å². The van der Waals surface area contributed by atoms with Gasteiger partial charge in [-0.25, -0.2) is 13.4 Å². The van der Waals surface area contributed by atoms with E-state index in [9.17, 15) is 26.4 Å². The van der Waals surface area contributed by atoms with Crippen molar-refractivity contribution in [1.82, 2.24) is 15.2 Å². The van der Waals surface area contributed by atoms with Crippen LogP contribution in [0.5, 0.6) is 5.88 Å². The van der Waals surface area contributed by atoms with Gasteiger partial charge in [-0.1, -0.05) is 0 Å². The predicted molar refractivity (Wildman–Crippen MR) is 125 cm³/mol. The molecule has 13 heteroatoms. The molecule has 1 fully saturated rings. The van der Waals surface area contributed by atoms with Gasteiger partial charge in [0.15, 0.2) is 0 Å². The molecule has 0 bridgehead atoms. The van der Waals surface area contributed by atoms with E-state index in [-0.39, 0.29) is 35.2 Å². The Balaban J connectivity index is 1.56. The zero-order valence-electron chi connectivity index (χ0n) is 19.8. The van der Waals surface area contributed by atoms with Crippen molar-refractivity contribution in [3.8, 4) is 5.88 Å².